The largest absolute Gasteiger partial charge is 0.480 e. The van der Waals surface area contributed by atoms with E-state index in [-0.39, 0.29) is 12.4 Å². The molecular weight excluding hydrogens is 379 g/mol. The molecule has 1 aromatic carbocycles. The van der Waals surface area contributed by atoms with Gasteiger partial charge in [-0.1, -0.05) is 23.7 Å². The van der Waals surface area contributed by atoms with Crippen LogP contribution in [0.25, 0.3) is 0 Å². The van der Waals surface area contributed by atoms with Crippen LogP contribution in [0.1, 0.15) is 39.2 Å². The van der Waals surface area contributed by atoms with Crippen molar-refractivity contribution in [1.82, 2.24) is 10.2 Å². The van der Waals surface area contributed by atoms with Crippen molar-refractivity contribution in [3.05, 3.63) is 34.9 Å². The molecule has 0 unspecified atom stereocenters. The number of nitrogens with zero attached hydrogens (tertiary/aromatic N) is 1. The number of hydrogen-bond donors (Lipinski definition) is 2. The van der Waals surface area contributed by atoms with E-state index in [4.69, 9.17) is 16.3 Å². The van der Waals surface area contributed by atoms with Crippen LogP contribution in [-0.4, -0.2) is 46.3 Å². The molecule has 1 heterocycles. The standard InChI is InChI=1S/C18H25ClN2O4.ClH/c1-17(2,3)25-16(24)20-18(15(22)23)8-10-21(11-9-18)12-13-4-6-14(19)7-5-13;/h4-7H,8-12H2,1-3H3,(H,20,24)(H,22,23);1H. The number of carbonyl (C=O) groups excluding carboxylic acids is 1. The average molecular weight is 405 g/mol. The predicted molar refractivity (Wildman–Crippen MR) is 103 cm³/mol. The number of alkyl carbamates (subject to hydrolysis) is 1. The second-order valence-electron chi connectivity index (χ2n) is 7.42. The molecule has 2 N–H and O–H groups in total. The molecule has 1 amide bonds. The van der Waals surface area contributed by atoms with Gasteiger partial charge in [0.15, 0.2) is 0 Å². The Morgan fingerprint density at radius 2 is 1.77 bits per heavy atom. The van der Waals surface area contributed by atoms with Gasteiger partial charge in [0.1, 0.15) is 11.1 Å². The predicted octanol–water partition coefficient (Wildman–Crippen LogP) is 3.71. The molecule has 2 rings (SSSR count). The molecule has 0 atom stereocenters. The lowest BCUT2D eigenvalue weighted by Gasteiger charge is -2.39. The lowest BCUT2D eigenvalue weighted by atomic mass is 9.87. The van der Waals surface area contributed by atoms with Crippen molar-refractivity contribution in [2.45, 2.75) is 51.3 Å². The maximum Gasteiger partial charge on any atom is 0.408 e. The summed E-state index contributed by atoms with van der Waals surface area (Å²) in [5.41, 5.74) is -0.829. The minimum Gasteiger partial charge on any atom is -0.480 e. The molecule has 8 heteroatoms. The molecule has 0 radical (unpaired) electrons. The maximum absolute atomic E-state index is 12.0. The van der Waals surface area contributed by atoms with Gasteiger partial charge in [-0.05, 0) is 51.3 Å². The highest BCUT2D eigenvalue weighted by Gasteiger charge is 2.43. The molecule has 146 valence electrons. The fraction of sp³-hybridized carbons (Fsp3) is 0.556. The van der Waals surface area contributed by atoms with Crippen LogP contribution in [0.5, 0.6) is 0 Å². The van der Waals surface area contributed by atoms with Gasteiger partial charge in [0.05, 0.1) is 0 Å². The number of carboxylic acids is 1. The number of hydrogen-bond acceptors (Lipinski definition) is 4. The first-order valence-electron chi connectivity index (χ1n) is 8.31. The van der Waals surface area contributed by atoms with Crippen LogP contribution in [0.15, 0.2) is 24.3 Å². The van der Waals surface area contributed by atoms with Crippen molar-refractivity contribution in [3.63, 3.8) is 0 Å². The van der Waals surface area contributed by atoms with Crippen molar-refractivity contribution < 1.29 is 19.4 Å². The molecule has 1 aliphatic heterocycles. The highest BCUT2D eigenvalue weighted by molar-refractivity contribution is 6.30. The van der Waals surface area contributed by atoms with Gasteiger partial charge in [-0.25, -0.2) is 9.59 Å². The summed E-state index contributed by atoms with van der Waals surface area (Å²) in [6, 6.07) is 7.60. The lowest BCUT2D eigenvalue weighted by molar-refractivity contribution is -0.147. The minimum atomic E-state index is -1.28. The Labute approximate surface area is 165 Å². The molecule has 26 heavy (non-hydrogen) atoms. The third-order valence-corrected chi connectivity index (χ3v) is 4.43. The van der Waals surface area contributed by atoms with E-state index in [2.05, 4.69) is 10.2 Å². The lowest BCUT2D eigenvalue weighted by Crippen LogP contribution is -2.60. The zero-order chi connectivity index (χ0) is 18.7. The van der Waals surface area contributed by atoms with Crippen molar-refractivity contribution in [3.8, 4) is 0 Å². The Morgan fingerprint density at radius 1 is 1.23 bits per heavy atom. The first-order chi connectivity index (χ1) is 11.6. The summed E-state index contributed by atoms with van der Waals surface area (Å²) in [7, 11) is 0. The summed E-state index contributed by atoms with van der Waals surface area (Å²) in [6.45, 7) is 7.10. The molecule has 0 spiro atoms. The Hall–Kier alpha value is -1.50. The monoisotopic (exact) mass is 404 g/mol. The molecule has 0 bridgehead atoms. The first-order valence-corrected chi connectivity index (χ1v) is 8.69. The Morgan fingerprint density at radius 3 is 2.23 bits per heavy atom. The molecule has 1 saturated heterocycles. The van der Waals surface area contributed by atoms with E-state index in [1.54, 1.807) is 20.8 Å². The number of benzene rings is 1. The number of carbonyl (C=O) groups is 2. The molecule has 0 aliphatic carbocycles. The van der Waals surface area contributed by atoms with Crippen molar-refractivity contribution in [1.29, 1.82) is 0 Å². The van der Waals surface area contributed by atoms with Crippen LogP contribution in [0, 0.1) is 0 Å². The van der Waals surface area contributed by atoms with Gasteiger partial charge in [0.25, 0.3) is 0 Å². The van der Waals surface area contributed by atoms with Crippen LogP contribution in [0.4, 0.5) is 4.79 Å². The average Bonchev–Trinajstić information content (AvgIpc) is 2.49. The topological polar surface area (TPSA) is 78.9 Å². The number of amides is 1. The number of likely N-dealkylation sites (tertiary alicyclic amines) is 1. The van der Waals surface area contributed by atoms with Crippen LogP contribution in [0.2, 0.25) is 5.02 Å². The van der Waals surface area contributed by atoms with E-state index >= 15 is 0 Å². The smallest absolute Gasteiger partial charge is 0.408 e. The number of rotatable bonds is 4. The van der Waals surface area contributed by atoms with Gasteiger partial charge >= 0.3 is 12.1 Å². The second kappa shape index (κ2) is 8.93. The highest BCUT2D eigenvalue weighted by Crippen LogP contribution is 2.25. The summed E-state index contributed by atoms with van der Waals surface area (Å²) in [5.74, 6) is -1.02. The van der Waals surface area contributed by atoms with Crippen molar-refractivity contribution >= 4 is 36.1 Å². The fourth-order valence-electron chi connectivity index (χ4n) is 2.83. The van der Waals surface area contributed by atoms with E-state index in [1.165, 1.54) is 0 Å². The van der Waals surface area contributed by atoms with Crippen LogP contribution >= 0.6 is 24.0 Å². The maximum atomic E-state index is 12.0. The van der Waals surface area contributed by atoms with Gasteiger partial charge in [-0.2, -0.15) is 0 Å². The molecule has 1 aromatic rings. The number of ether oxygens (including phenoxy) is 1. The van der Waals surface area contributed by atoms with Crippen molar-refractivity contribution in [2.24, 2.45) is 0 Å². The molecule has 0 aromatic heterocycles. The van der Waals surface area contributed by atoms with Crippen molar-refractivity contribution in [2.75, 3.05) is 13.1 Å². The number of aliphatic carboxylic acids is 1. The van der Waals surface area contributed by atoms with E-state index in [0.29, 0.717) is 31.0 Å². The molecular formula is C18H26Cl2N2O4. The van der Waals surface area contributed by atoms with Gasteiger partial charge in [0.2, 0.25) is 0 Å². The number of nitrogens with one attached hydrogen (secondary N) is 1. The quantitative estimate of drug-likeness (QED) is 0.799. The Kier molecular flexibility index (Phi) is 7.74. The van der Waals surface area contributed by atoms with E-state index in [0.717, 1.165) is 12.1 Å². The number of halogens is 2. The normalized spacial score (nSPS) is 17.1. The number of piperidine rings is 1. The second-order valence-corrected chi connectivity index (χ2v) is 7.85. The Balaban J connectivity index is 0.00000338. The summed E-state index contributed by atoms with van der Waals surface area (Å²) in [6.07, 6.45) is -0.0364. The van der Waals surface area contributed by atoms with E-state index in [1.807, 2.05) is 24.3 Å². The van der Waals surface area contributed by atoms with Gasteiger partial charge in [-0.15, -0.1) is 12.4 Å². The SMILES string of the molecule is CC(C)(C)OC(=O)NC1(C(=O)O)CCN(Cc2ccc(Cl)cc2)CC1.Cl. The van der Waals surface area contributed by atoms with E-state index < -0.39 is 23.2 Å². The molecule has 1 fully saturated rings. The molecule has 0 saturated carbocycles. The third-order valence-electron chi connectivity index (χ3n) is 4.18. The first kappa shape index (κ1) is 22.5. The highest BCUT2D eigenvalue weighted by atomic mass is 35.5. The van der Waals surface area contributed by atoms with Gasteiger partial charge in [-0.3, -0.25) is 4.90 Å². The zero-order valence-electron chi connectivity index (χ0n) is 15.3. The minimum absolute atomic E-state index is 0. The molecule has 6 nitrogen and oxygen atoms in total. The zero-order valence-corrected chi connectivity index (χ0v) is 16.8. The summed E-state index contributed by atoms with van der Waals surface area (Å²) >= 11 is 5.89. The summed E-state index contributed by atoms with van der Waals surface area (Å²) < 4.78 is 5.21. The van der Waals surface area contributed by atoms with Crippen LogP contribution < -0.4 is 5.32 Å². The van der Waals surface area contributed by atoms with Gasteiger partial charge < -0.3 is 15.2 Å². The van der Waals surface area contributed by atoms with Gasteiger partial charge in [0, 0.05) is 24.7 Å². The molecule has 1 aliphatic rings. The fourth-order valence-corrected chi connectivity index (χ4v) is 2.96. The van der Waals surface area contributed by atoms with Crippen LogP contribution in [0.3, 0.4) is 0 Å². The summed E-state index contributed by atoms with van der Waals surface area (Å²) in [5, 5.41) is 12.9. The van der Waals surface area contributed by atoms with Crippen LogP contribution in [-0.2, 0) is 16.1 Å². The summed E-state index contributed by atoms with van der Waals surface area (Å²) in [4.78, 5) is 26.0. The third kappa shape index (κ3) is 6.34. The van der Waals surface area contributed by atoms with E-state index in [9.17, 15) is 14.7 Å². The number of carboxylic acid groups (broad SMARTS) is 1. The Bertz CT molecular complexity index is 621.